The highest BCUT2D eigenvalue weighted by Gasteiger charge is 2.07. The fraction of sp³-hybridized carbons (Fsp3) is 0.750. The van der Waals surface area contributed by atoms with Gasteiger partial charge in [0.15, 0.2) is 0 Å². The first-order chi connectivity index (χ1) is 7.63. The Bertz CT molecular complexity index is 301. The van der Waals surface area contributed by atoms with E-state index in [9.17, 15) is 0 Å². The minimum atomic E-state index is 0.292. The van der Waals surface area contributed by atoms with Crippen LogP contribution in [0.5, 0.6) is 0 Å². The van der Waals surface area contributed by atoms with Gasteiger partial charge in [-0.1, -0.05) is 6.92 Å². The van der Waals surface area contributed by atoms with Crippen LogP contribution < -0.4 is 5.32 Å². The number of aliphatic hydroxyl groups excluding tert-OH is 1. The first-order valence-electron chi connectivity index (χ1n) is 5.89. The molecule has 2 N–H and O–H groups in total. The van der Waals surface area contributed by atoms with Gasteiger partial charge in [-0.15, -0.1) is 11.3 Å². The fourth-order valence-corrected chi connectivity index (χ4v) is 2.25. The maximum atomic E-state index is 8.90. The lowest BCUT2D eigenvalue weighted by molar-refractivity contribution is 0.227. The van der Waals surface area contributed by atoms with Gasteiger partial charge in [-0.05, 0) is 39.2 Å². The number of aryl methyl sites for hydroxylation is 1. The molecule has 0 spiro atoms. The van der Waals surface area contributed by atoms with Gasteiger partial charge in [-0.2, -0.15) is 0 Å². The van der Waals surface area contributed by atoms with Crippen LogP contribution in [0.3, 0.4) is 0 Å². The van der Waals surface area contributed by atoms with Crippen molar-refractivity contribution >= 4 is 11.3 Å². The summed E-state index contributed by atoms with van der Waals surface area (Å²) in [4.78, 5) is 4.46. The maximum absolute atomic E-state index is 8.90. The van der Waals surface area contributed by atoms with Gasteiger partial charge in [0, 0.05) is 18.0 Å². The van der Waals surface area contributed by atoms with Crippen molar-refractivity contribution in [2.45, 2.75) is 39.7 Å². The Hall–Kier alpha value is -0.450. The average Bonchev–Trinajstić information content (AvgIpc) is 2.70. The molecule has 0 aliphatic carbocycles. The number of hydrogen-bond acceptors (Lipinski definition) is 4. The zero-order valence-corrected chi connectivity index (χ0v) is 11.2. The molecule has 0 aliphatic rings. The van der Waals surface area contributed by atoms with E-state index < -0.39 is 0 Å². The molecule has 1 aromatic heterocycles. The molecule has 1 rings (SSSR count). The molecule has 0 bridgehead atoms. The summed E-state index contributed by atoms with van der Waals surface area (Å²) in [7, 11) is 0. The Morgan fingerprint density at radius 2 is 2.25 bits per heavy atom. The molecule has 0 fully saturated rings. The molecule has 1 aromatic rings. The van der Waals surface area contributed by atoms with Gasteiger partial charge < -0.3 is 10.4 Å². The molecule has 1 heterocycles. The van der Waals surface area contributed by atoms with Crippen molar-refractivity contribution in [1.82, 2.24) is 10.3 Å². The predicted molar refractivity (Wildman–Crippen MR) is 68.8 cm³/mol. The second-order valence-electron chi connectivity index (χ2n) is 4.40. The third kappa shape index (κ3) is 4.60. The number of rotatable bonds is 7. The lowest BCUT2D eigenvalue weighted by atomic mass is 10.1. The Morgan fingerprint density at radius 1 is 1.50 bits per heavy atom. The summed E-state index contributed by atoms with van der Waals surface area (Å²) in [6.07, 6.45) is 2.18. The number of aliphatic hydroxyl groups is 1. The highest BCUT2D eigenvalue weighted by molar-refractivity contribution is 7.09. The molecule has 4 heteroatoms. The molecular weight excluding hydrogens is 220 g/mol. The molecule has 0 aromatic carbocycles. The minimum Gasteiger partial charge on any atom is -0.396 e. The van der Waals surface area contributed by atoms with Gasteiger partial charge in [0.05, 0.1) is 10.7 Å². The Labute approximate surface area is 102 Å². The quantitative estimate of drug-likeness (QED) is 0.722. The van der Waals surface area contributed by atoms with E-state index in [4.69, 9.17) is 5.11 Å². The third-order valence-corrected chi connectivity index (χ3v) is 3.51. The van der Waals surface area contributed by atoms with Crippen LogP contribution in [0.1, 0.15) is 43.4 Å². The standard InChI is InChI=1S/C12H22N2OS/c1-9(7-15)5-4-6-13-10(2)12-8-16-11(3)14-12/h8-10,13,15H,4-7H2,1-3H3. The Morgan fingerprint density at radius 3 is 2.81 bits per heavy atom. The van der Waals surface area contributed by atoms with E-state index >= 15 is 0 Å². The van der Waals surface area contributed by atoms with Crippen LogP contribution in [-0.4, -0.2) is 23.2 Å². The summed E-state index contributed by atoms with van der Waals surface area (Å²) in [6, 6.07) is 0.328. The second-order valence-corrected chi connectivity index (χ2v) is 5.46. The number of aromatic nitrogens is 1. The first-order valence-corrected chi connectivity index (χ1v) is 6.77. The van der Waals surface area contributed by atoms with Crippen LogP contribution in [0.2, 0.25) is 0 Å². The number of nitrogens with zero attached hydrogens (tertiary/aromatic N) is 1. The molecule has 0 saturated heterocycles. The molecule has 0 saturated carbocycles. The zero-order chi connectivity index (χ0) is 12.0. The van der Waals surface area contributed by atoms with Crippen LogP contribution in [-0.2, 0) is 0 Å². The normalized spacial score (nSPS) is 15.0. The van der Waals surface area contributed by atoms with Crippen molar-refractivity contribution in [3.8, 4) is 0 Å². The van der Waals surface area contributed by atoms with Crippen molar-refractivity contribution in [2.75, 3.05) is 13.2 Å². The van der Waals surface area contributed by atoms with Crippen LogP contribution in [0.15, 0.2) is 5.38 Å². The monoisotopic (exact) mass is 242 g/mol. The smallest absolute Gasteiger partial charge is 0.0898 e. The van der Waals surface area contributed by atoms with Gasteiger partial charge in [0.1, 0.15) is 0 Å². The van der Waals surface area contributed by atoms with Crippen LogP contribution >= 0.6 is 11.3 Å². The number of nitrogens with one attached hydrogen (secondary N) is 1. The van der Waals surface area contributed by atoms with Crippen molar-refractivity contribution in [2.24, 2.45) is 5.92 Å². The van der Waals surface area contributed by atoms with E-state index in [-0.39, 0.29) is 0 Å². The molecule has 0 aliphatic heterocycles. The molecule has 16 heavy (non-hydrogen) atoms. The van der Waals surface area contributed by atoms with Gasteiger partial charge >= 0.3 is 0 Å². The van der Waals surface area contributed by atoms with Crippen molar-refractivity contribution in [1.29, 1.82) is 0 Å². The van der Waals surface area contributed by atoms with Gasteiger partial charge in [0.2, 0.25) is 0 Å². The molecule has 2 unspecified atom stereocenters. The van der Waals surface area contributed by atoms with Gasteiger partial charge in [-0.25, -0.2) is 4.98 Å². The average molecular weight is 242 g/mol. The second kappa shape index (κ2) is 6.99. The molecule has 92 valence electrons. The molecule has 0 amide bonds. The first kappa shape index (κ1) is 13.6. The topological polar surface area (TPSA) is 45.2 Å². The highest BCUT2D eigenvalue weighted by atomic mass is 32.1. The van der Waals surface area contributed by atoms with E-state index in [0.717, 1.165) is 30.1 Å². The van der Waals surface area contributed by atoms with E-state index in [1.165, 1.54) is 0 Å². The maximum Gasteiger partial charge on any atom is 0.0898 e. The van der Waals surface area contributed by atoms with Gasteiger partial charge in [-0.3, -0.25) is 0 Å². The lowest BCUT2D eigenvalue weighted by Gasteiger charge is -2.12. The van der Waals surface area contributed by atoms with Crippen molar-refractivity contribution < 1.29 is 5.11 Å². The SMILES string of the molecule is Cc1nc(C(C)NCCCC(C)CO)cs1. The summed E-state index contributed by atoms with van der Waals surface area (Å²) >= 11 is 1.70. The largest absolute Gasteiger partial charge is 0.396 e. The van der Waals surface area contributed by atoms with Crippen molar-refractivity contribution in [3.05, 3.63) is 16.1 Å². The summed E-state index contributed by atoms with van der Waals surface area (Å²) < 4.78 is 0. The van der Waals surface area contributed by atoms with Crippen LogP contribution in [0.25, 0.3) is 0 Å². The summed E-state index contributed by atoms with van der Waals surface area (Å²) in [6.45, 7) is 7.53. The predicted octanol–water partition coefficient (Wildman–Crippen LogP) is 2.51. The molecule has 2 atom stereocenters. The third-order valence-electron chi connectivity index (χ3n) is 2.72. The van der Waals surface area contributed by atoms with Crippen LogP contribution in [0.4, 0.5) is 0 Å². The Kier molecular flexibility index (Phi) is 5.95. The molecule has 3 nitrogen and oxygen atoms in total. The molecular formula is C12H22N2OS. The van der Waals surface area contributed by atoms with Crippen molar-refractivity contribution in [3.63, 3.8) is 0 Å². The van der Waals surface area contributed by atoms with E-state index in [1.807, 2.05) is 6.92 Å². The number of hydrogen-bond donors (Lipinski definition) is 2. The minimum absolute atomic E-state index is 0.292. The summed E-state index contributed by atoms with van der Waals surface area (Å²) in [5.41, 5.74) is 1.14. The lowest BCUT2D eigenvalue weighted by Crippen LogP contribution is -2.20. The fourth-order valence-electron chi connectivity index (χ4n) is 1.54. The van der Waals surface area contributed by atoms with Gasteiger partial charge in [0.25, 0.3) is 0 Å². The Balaban J connectivity index is 2.18. The highest BCUT2D eigenvalue weighted by Crippen LogP contribution is 2.15. The number of thiazole rings is 1. The van der Waals surface area contributed by atoms with E-state index in [0.29, 0.717) is 18.6 Å². The van der Waals surface area contributed by atoms with E-state index in [2.05, 4.69) is 29.5 Å². The van der Waals surface area contributed by atoms with Crippen LogP contribution in [0, 0.1) is 12.8 Å². The summed E-state index contributed by atoms with van der Waals surface area (Å²) in [5, 5.41) is 15.6. The summed E-state index contributed by atoms with van der Waals surface area (Å²) in [5.74, 6) is 0.415. The van der Waals surface area contributed by atoms with E-state index in [1.54, 1.807) is 11.3 Å². The molecule has 0 radical (unpaired) electrons. The zero-order valence-electron chi connectivity index (χ0n) is 10.4.